The van der Waals surface area contributed by atoms with Gasteiger partial charge in [-0.3, -0.25) is 4.79 Å². The molecule has 444 valence electrons. The van der Waals surface area contributed by atoms with Gasteiger partial charge in [0, 0.05) is 60.3 Å². The van der Waals surface area contributed by atoms with Crippen molar-refractivity contribution in [3.05, 3.63) is 216 Å². The van der Waals surface area contributed by atoms with Crippen LogP contribution < -0.4 is 10.4 Å². The Kier molecular flexibility index (Phi) is 15.3. The number of ether oxygens (including phenoxy) is 4. The van der Waals surface area contributed by atoms with Gasteiger partial charge in [-0.25, -0.2) is 9.59 Å². The molecule has 5 aromatic carbocycles. The first-order valence-electron chi connectivity index (χ1n) is 31.7. The van der Waals surface area contributed by atoms with Gasteiger partial charge >= 0.3 is 17.6 Å². The molecule has 1 aromatic heterocycles. The van der Waals surface area contributed by atoms with Crippen LogP contribution in [0.5, 0.6) is 5.75 Å². The molecule has 0 saturated heterocycles. The van der Waals surface area contributed by atoms with E-state index in [0.717, 1.165) is 43.2 Å². The number of hydrogen-bond donors (Lipinski definition) is 3. The first-order valence-corrected chi connectivity index (χ1v) is 31.7. The van der Waals surface area contributed by atoms with Crippen molar-refractivity contribution in [2.75, 3.05) is 26.9 Å². The van der Waals surface area contributed by atoms with Crippen molar-refractivity contribution in [2.45, 2.75) is 144 Å². The Morgan fingerprint density at radius 3 is 2.43 bits per heavy atom. The topological polar surface area (TPSA) is 162 Å². The molecule has 6 aromatic rings. The molecule has 11 heteroatoms. The zero-order chi connectivity index (χ0) is 58.8. The summed E-state index contributed by atoms with van der Waals surface area (Å²) in [6.45, 7) is 0.685. The third kappa shape index (κ3) is 9.49. The molecular weight excluding hydrogens is 1080 g/mol. The van der Waals surface area contributed by atoms with Crippen LogP contribution in [-0.2, 0) is 42.2 Å². The molecule has 13 unspecified atom stereocenters. The number of allylic oxidation sites excluding steroid dienone is 3. The largest absolute Gasteiger partial charge is 0.482 e. The van der Waals surface area contributed by atoms with Gasteiger partial charge in [-0.05, 0) is 174 Å². The minimum atomic E-state index is -1.37. The second kappa shape index (κ2) is 23.2. The molecule has 3 saturated carbocycles. The highest BCUT2D eigenvalue weighted by molar-refractivity contribution is 5.91. The van der Waals surface area contributed by atoms with Crippen LogP contribution >= 0.6 is 0 Å². The first-order chi connectivity index (χ1) is 42.0. The first kappa shape index (κ1) is 56.6. The fraction of sp³-hybridized carbons (Fsp3) is 0.427. The lowest BCUT2D eigenvalue weighted by atomic mass is 9.56. The van der Waals surface area contributed by atoms with Crippen LogP contribution in [0, 0.1) is 29.6 Å². The van der Waals surface area contributed by atoms with E-state index in [1.807, 2.05) is 6.07 Å². The van der Waals surface area contributed by atoms with Crippen LogP contribution in [0.1, 0.15) is 175 Å². The highest BCUT2D eigenvalue weighted by atomic mass is 16.6. The maximum absolute atomic E-state index is 15.9. The number of esters is 2. The molecule has 4 heterocycles. The SMILES string of the molecule is COCC(CCO)c1c(CO)c2ccc3c(c2oc1=O)C1OC(=O)CC2CC(c4cccc(C56CCCCC5C=Cc5ccccc56)c4)CCC2c2ccc(cc2)CCC(=C(C)CO)C(=O)OC1C1(CC=CC2C4C=Cc5ccccc5C4CC21)O3. The Morgan fingerprint density at radius 2 is 1.60 bits per heavy atom. The summed E-state index contributed by atoms with van der Waals surface area (Å²) >= 11 is 0. The molecule has 11 nitrogen and oxygen atoms in total. The molecule has 13 atom stereocenters. The van der Waals surface area contributed by atoms with E-state index < -0.39 is 47.9 Å². The number of benzene rings is 5. The minimum Gasteiger partial charge on any atom is -0.482 e. The Balaban J connectivity index is 0.912. The minimum absolute atomic E-state index is 0.0278. The van der Waals surface area contributed by atoms with E-state index in [-0.39, 0.29) is 103 Å². The molecule has 9 aliphatic rings. The number of aliphatic hydroxyl groups excluding tert-OH is 3. The molecule has 3 fully saturated rings. The predicted molar refractivity (Wildman–Crippen MR) is 331 cm³/mol. The van der Waals surface area contributed by atoms with Crippen LogP contribution in [-0.4, -0.2) is 65.9 Å². The average molecular weight is 1160 g/mol. The molecule has 2 bridgehead atoms. The van der Waals surface area contributed by atoms with E-state index in [2.05, 4.69) is 134 Å². The molecule has 0 radical (unpaired) electrons. The summed E-state index contributed by atoms with van der Waals surface area (Å²) in [5.41, 5.74) is 9.39. The molecule has 1 spiro atoms. The smallest absolute Gasteiger partial charge is 0.340 e. The number of hydrogen-bond acceptors (Lipinski definition) is 11. The average Bonchev–Trinajstić information content (AvgIpc) is 1.32. The van der Waals surface area contributed by atoms with Gasteiger partial charge in [-0.2, -0.15) is 0 Å². The summed E-state index contributed by atoms with van der Waals surface area (Å²) in [6.07, 6.45) is 20.2. The van der Waals surface area contributed by atoms with Crippen molar-refractivity contribution in [2.24, 2.45) is 29.6 Å². The molecule has 3 aliphatic heterocycles. The maximum atomic E-state index is 15.9. The lowest BCUT2D eigenvalue weighted by Gasteiger charge is -2.52. The summed E-state index contributed by atoms with van der Waals surface area (Å²) in [6, 6.07) is 39.1. The van der Waals surface area contributed by atoms with Crippen LogP contribution in [0.2, 0.25) is 0 Å². The van der Waals surface area contributed by atoms with Gasteiger partial charge in [0.05, 0.1) is 25.4 Å². The van der Waals surface area contributed by atoms with Crippen molar-refractivity contribution in [1.82, 2.24) is 0 Å². The fourth-order valence-corrected chi connectivity index (χ4v) is 17.9. The van der Waals surface area contributed by atoms with Crippen molar-refractivity contribution in [3.8, 4) is 5.75 Å². The van der Waals surface area contributed by atoms with E-state index in [1.165, 1.54) is 53.3 Å². The number of rotatable bonds is 9. The van der Waals surface area contributed by atoms with Crippen molar-refractivity contribution < 1.29 is 48.3 Å². The Labute approximate surface area is 503 Å². The van der Waals surface area contributed by atoms with Crippen LogP contribution in [0.25, 0.3) is 23.1 Å². The summed E-state index contributed by atoms with van der Waals surface area (Å²) in [7, 11) is 1.52. The quantitative estimate of drug-likeness (QED) is 0.0547. The van der Waals surface area contributed by atoms with E-state index in [0.29, 0.717) is 53.0 Å². The van der Waals surface area contributed by atoms with Gasteiger partial charge in [0.15, 0.2) is 17.8 Å². The van der Waals surface area contributed by atoms with Gasteiger partial charge in [0.25, 0.3) is 0 Å². The highest BCUT2D eigenvalue weighted by Gasteiger charge is 2.64. The number of fused-ring (bicyclic) bond motifs is 20. The Morgan fingerprint density at radius 1 is 0.779 bits per heavy atom. The fourth-order valence-electron chi connectivity index (χ4n) is 17.9. The van der Waals surface area contributed by atoms with Crippen LogP contribution in [0.15, 0.2) is 154 Å². The van der Waals surface area contributed by atoms with Gasteiger partial charge in [0.2, 0.25) is 0 Å². The van der Waals surface area contributed by atoms with E-state index in [9.17, 15) is 20.1 Å². The number of methoxy groups -OCH3 is 1. The molecule has 86 heavy (non-hydrogen) atoms. The third-order valence-electron chi connectivity index (χ3n) is 21.9. The Bertz CT molecular complexity index is 3780. The van der Waals surface area contributed by atoms with Crippen LogP contribution in [0.4, 0.5) is 0 Å². The number of aliphatic hydroxyl groups is 3. The van der Waals surface area contributed by atoms with Gasteiger partial charge in [-0.1, -0.05) is 146 Å². The summed E-state index contributed by atoms with van der Waals surface area (Å²) < 4.78 is 34.0. The lowest BCUT2D eigenvalue weighted by molar-refractivity contribution is -0.205. The standard InChI is InChI=1S/C75H78O11/c1-44(41-77)55-28-21-45-19-22-47(23-20-45)56-29-26-50(49-13-9-15-54(38-49)74-34-8-7-14-53(74)27-24-48-12-4-6-18-63(48)74)37-52(56)39-66(79)83-70-68-65(32-31-60-62(42-78)67(73(81)84-69(60)68)51(33-36-76)43-82-2)86-75(71(70)85-72(55)80)35-10-17-59-58-30-25-46-11-3-5-16-57(46)61(58)40-64(59)75/h3-6,9-13,15-20,22-25,27,30-32,38,50-53,56,58-59,61,64,70-71,76-78H,7-8,14,21,26,28-29,33-37,39-43H2,1-2H3. The number of aryl methyl sites for hydroxylation is 1. The van der Waals surface area contributed by atoms with Gasteiger partial charge in [0.1, 0.15) is 11.3 Å². The monoisotopic (exact) mass is 1150 g/mol. The zero-order valence-corrected chi connectivity index (χ0v) is 49.3. The van der Waals surface area contributed by atoms with Gasteiger partial charge < -0.3 is 38.7 Å². The lowest BCUT2D eigenvalue weighted by Crippen LogP contribution is -2.61. The number of carbonyl (C=O) groups is 2. The maximum Gasteiger partial charge on any atom is 0.340 e. The van der Waals surface area contributed by atoms with E-state index in [4.69, 9.17) is 23.4 Å². The van der Waals surface area contributed by atoms with Crippen molar-refractivity contribution in [1.29, 1.82) is 0 Å². The summed E-state index contributed by atoms with van der Waals surface area (Å²) in [4.78, 5) is 46.2. The molecular formula is C75H78O11. The van der Waals surface area contributed by atoms with E-state index >= 15 is 9.59 Å². The second-order valence-electron chi connectivity index (χ2n) is 26.1. The summed E-state index contributed by atoms with van der Waals surface area (Å²) in [5.74, 6) is -1.05. The van der Waals surface area contributed by atoms with Crippen molar-refractivity contribution in [3.63, 3.8) is 0 Å². The normalized spacial score (nSPS) is 30.8. The number of carbonyl (C=O) groups excluding carboxylic acids is 2. The predicted octanol–water partition coefficient (Wildman–Crippen LogP) is 13.6. The van der Waals surface area contributed by atoms with Crippen molar-refractivity contribution >= 4 is 35.1 Å². The molecule has 0 amide bonds. The van der Waals surface area contributed by atoms with Gasteiger partial charge in [-0.15, -0.1) is 0 Å². The van der Waals surface area contributed by atoms with Crippen LogP contribution in [0.3, 0.4) is 0 Å². The molecule has 15 rings (SSSR count). The molecule has 6 aliphatic carbocycles. The summed E-state index contributed by atoms with van der Waals surface area (Å²) in [5, 5.41) is 32.7. The highest BCUT2D eigenvalue weighted by Crippen LogP contribution is 2.63. The van der Waals surface area contributed by atoms with E-state index in [1.54, 1.807) is 13.0 Å². The molecule has 3 N–H and O–H groups in total. The zero-order valence-electron chi connectivity index (χ0n) is 49.3. The second-order valence-corrected chi connectivity index (χ2v) is 26.1. The Hall–Kier alpha value is -7.15. The third-order valence-corrected chi connectivity index (χ3v) is 21.9.